The molecule has 0 radical (unpaired) electrons. The van der Waals surface area contributed by atoms with Gasteiger partial charge < -0.3 is 19.8 Å². The molecule has 166 valence electrons. The van der Waals surface area contributed by atoms with Gasteiger partial charge in [0.05, 0.1) is 31.3 Å². The summed E-state index contributed by atoms with van der Waals surface area (Å²) in [7, 11) is 0. The van der Waals surface area contributed by atoms with E-state index in [1.807, 2.05) is 0 Å². The van der Waals surface area contributed by atoms with Gasteiger partial charge in [-0.15, -0.1) is 10.2 Å². The molecule has 0 bridgehead atoms. The number of rotatable bonds is 9. The van der Waals surface area contributed by atoms with Gasteiger partial charge in [-0.2, -0.15) is 13.8 Å². The Labute approximate surface area is 184 Å². The zero-order valence-corrected chi connectivity index (χ0v) is 18.0. The first-order valence-electron chi connectivity index (χ1n) is 8.45. The van der Waals surface area contributed by atoms with Crippen molar-refractivity contribution in [2.75, 3.05) is 18.6 Å². The number of oxime groups is 1. The minimum Gasteiger partial charge on any atom is -0.513 e. The summed E-state index contributed by atoms with van der Waals surface area (Å²) in [5, 5.41) is 34.1. The average molecular weight is 470 g/mol. The topological polar surface area (TPSA) is 180 Å². The Bertz CT molecular complexity index is 911. The van der Waals surface area contributed by atoms with Crippen LogP contribution >= 0.6 is 23.1 Å². The number of ether oxygens (including phenoxy) is 2. The summed E-state index contributed by atoms with van der Waals surface area (Å²) in [6.07, 6.45) is 4.49. The molecular formula is C16H19N7O6S2. The van der Waals surface area contributed by atoms with Crippen LogP contribution in [-0.2, 0) is 19.1 Å². The molecule has 0 spiro atoms. The summed E-state index contributed by atoms with van der Waals surface area (Å²) in [4.78, 5) is 22.4. The predicted octanol–water partition coefficient (Wildman–Crippen LogP) is 3.12. The average Bonchev–Trinajstić information content (AvgIpc) is 3.46. The van der Waals surface area contributed by atoms with E-state index in [2.05, 4.69) is 39.4 Å². The number of esters is 2. The summed E-state index contributed by atoms with van der Waals surface area (Å²) in [5.41, 5.74) is 3.36. The van der Waals surface area contributed by atoms with E-state index in [0.717, 1.165) is 6.21 Å². The van der Waals surface area contributed by atoms with E-state index >= 15 is 0 Å². The van der Waals surface area contributed by atoms with E-state index in [1.54, 1.807) is 30.8 Å². The van der Waals surface area contributed by atoms with Crippen LogP contribution in [0.2, 0.25) is 0 Å². The molecule has 15 heteroatoms. The van der Waals surface area contributed by atoms with E-state index in [1.165, 1.54) is 29.3 Å². The van der Waals surface area contributed by atoms with Gasteiger partial charge in [0.2, 0.25) is 5.70 Å². The molecule has 2 aromatic rings. The van der Waals surface area contributed by atoms with Crippen LogP contribution in [0.4, 0.5) is 11.4 Å². The predicted molar refractivity (Wildman–Crippen MR) is 114 cm³/mol. The van der Waals surface area contributed by atoms with Gasteiger partial charge in [0, 0.05) is 10.8 Å². The quantitative estimate of drug-likeness (QED) is 0.0945. The molecule has 2 heterocycles. The molecule has 0 atom stereocenters. The lowest BCUT2D eigenvalue weighted by atomic mass is 10.4. The molecule has 0 unspecified atom stereocenters. The van der Waals surface area contributed by atoms with Crippen molar-refractivity contribution >= 4 is 58.3 Å². The summed E-state index contributed by atoms with van der Waals surface area (Å²) >= 11 is 2.46. The SMILES string of the molecule is CCOC(=O)C(/C=N/O)=N/Nc1cnsc1.CCOC(=O)C(=CO)N=Nc1cnsc1. The lowest BCUT2D eigenvalue weighted by molar-refractivity contribution is -0.138. The fourth-order valence-corrected chi connectivity index (χ4v) is 2.36. The van der Waals surface area contributed by atoms with Crippen LogP contribution in [0.5, 0.6) is 0 Å². The highest BCUT2D eigenvalue weighted by molar-refractivity contribution is 7.04. The Morgan fingerprint density at radius 3 is 2.35 bits per heavy atom. The fourth-order valence-electron chi connectivity index (χ4n) is 1.46. The molecule has 0 aliphatic carbocycles. The van der Waals surface area contributed by atoms with Crippen molar-refractivity contribution in [2.45, 2.75) is 13.8 Å². The van der Waals surface area contributed by atoms with Gasteiger partial charge >= 0.3 is 11.9 Å². The maximum Gasteiger partial charge on any atom is 0.362 e. The summed E-state index contributed by atoms with van der Waals surface area (Å²) in [6, 6.07) is 0. The molecule has 0 fully saturated rings. The molecule has 31 heavy (non-hydrogen) atoms. The van der Waals surface area contributed by atoms with Crippen LogP contribution < -0.4 is 5.43 Å². The second kappa shape index (κ2) is 15.2. The molecule has 0 aliphatic heterocycles. The van der Waals surface area contributed by atoms with Gasteiger partial charge in [0.25, 0.3) is 0 Å². The fraction of sp³-hybridized carbons (Fsp3) is 0.250. The first-order valence-corrected chi connectivity index (χ1v) is 10.1. The first kappa shape index (κ1) is 25.3. The van der Waals surface area contributed by atoms with Crippen molar-refractivity contribution in [1.82, 2.24) is 8.75 Å². The van der Waals surface area contributed by atoms with Crippen LogP contribution in [0.1, 0.15) is 13.8 Å². The highest BCUT2D eigenvalue weighted by Gasteiger charge is 2.11. The molecule has 0 aromatic carbocycles. The molecule has 3 N–H and O–H groups in total. The van der Waals surface area contributed by atoms with E-state index in [0.29, 0.717) is 17.6 Å². The number of aliphatic hydroxyl groups is 1. The Hall–Kier alpha value is -3.72. The zero-order valence-electron chi connectivity index (χ0n) is 16.4. The van der Waals surface area contributed by atoms with Gasteiger partial charge in [0.15, 0.2) is 5.71 Å². The van der Waals surface area contributed by atoms with Crippen LogP contribution in [0, 0.1) is 0 Å². The van der Waals surface area contributed by atoms with Gasteiger partial charge in [-0.25, -0.2) is 9.59 Å². The Morgan fingerprint density at radius 1 is 1.13 bits per heavy atom. The minimum atomic E-state index is -0.716. The number of aromatic nitrogens is 2. The summed E-state index contributed by atoms with van der Waals surface area (Å²) in [6.45, 7) is 3.76. The largest absolute Gasteiger partial charge is 0.513 e. The Morgan fingerprint density at radius 2 is 1.81 bits per heavy atom. The van der Waals surface area contributed by atoms with Crippen LogP contribution in [-0.4, -0.2) is 56.1 Å². The van der Waals surface area contributed by atoms with Crippen LogP contribution in [0.15, 0.2) is 55.6 Å². The maximum absolute atomic E-state index is 11.3. The van der Waals surface area contributed by atoms with Crippen molar-refractivity contribution in [3.63, 3.8) is 0 Å². The lowest BCUT2D eigenvalue weighted by Crippen LogP contribution is -2.20. The van der Waals surface area contributed by atoms with E-state index in [-0.39, 0.29) is 24.6 Å². The second-order valence-electron chi connectivity index (χ2n) is 4.80. The van der Waals surface area contributed by atoms with E-state index < -0.39 is 11.9 Å². The number of hydrogen-bond donors (Lipinski definition) is 3. The summed E-state index contributed by atoms with van der Waals surface area (Å²) < 4.78 is 17.0. The number of hydrazone groups is 1. The third-order valence-electron chi connectivity index (χ3n) is 2.70. The van der Waals surface area contributed by atoms with Crippen molar-refractivity contribution < 1.29 is 29.4 Å². The smallest absolute Gasteiger partial charge is 0.362 e. The zero-order chi connectivity index (χ0) is 22.9. The van der Waals surface area contributed by atoms with Gasteiger partial charge in [-0.05, 0) is 36.9 Å². The number of azo groups is 1. The molecular weight excluding hydrogens is 450 g/mol. The van der Waals surface area contributed by atoms with E-state index in [9.17, 15) is 9.59 Å². The number of carbonyl (C=O) groups excluding carboxylic acids is 2. The third kappa shape index (κ3) is 10.0. The number of anilines is 1. The first-order chi connectivity index (χ1) is 15.0. The molecule has 13 nitrogen and oxygen atoms in total. The number of hydrogen-bond acceptors (Lipinski definition) is 15. The number of carbonyl (C=O) groups is 2. The maximum atomic E-state index is 11.3. The molecule has 2 aromatic heterocycles. The second-order valence-corrected chi connectivity index (χ2v) is 6.12. The van der Waals surface area contributed by atoms with E-state index in [4.69, 9.17) is 15.1 Å². The minimum absolute atomic E-state index is 0.129. The number of nitrogens with zero attached hydrogens (tertiary/aromatic N) is 6. The third-order valence-corrected chi connectivity index (χ3v) is 3.86. The number of nitrogens with one attached hydrogen (secondary N) is 1. The van der Waals surface area contributed by atoms with Gasteiger partial charge in [-0.3, -0.25) is 5.43 Å². The Kier molecular flexibility index (Phi) is 12.4. The Balaban J connectivity index is 0.000000311. The normalized spacial score (nSPS) is 11.8. The monoisotopic (exact) mass is 469 g/mol. The van der Waals surface area contributed by atoms with Crippen molar-refractivity contribution in [1.29, 1.82) is 0 Å². The molecule has 0 amide bonds. The lowest BCUT2D eigenvalue weighted by Gasteiger charge is -2.00. The van der Waals surface area contributed by atoms with Crippen molar-refractivity contribution in [3.05, 3.63) is 35.1 Å². The van der Waals surface area contributed by atoms with Crippen molar-refractivity contribution in [2.24, 2.45) is 20.5 Å². The molecule has 0 saturated carbocycles. The highest BCUT2D eigenvalue weighted by Crippen LogP contribution is 2.14. The standard InChI is InChI=1S/C8H10N4O3S.C8H9N3O3S/c1-2-15-8(13)7(4-9-14)12-11-6-3-10-16-5-6;1-2-14-8(13)7(4-12)11-10-6-3-9-15-5-6/h3-5,11,14H,2H2,1H3;3-5,12H,2H2,1H3/b9-4+,12-7+;. The van der Waals surface area contributed by atoms with Crippen LogP contribution in [0.25, 0.3) is 0 Å². The van der Waals surface area contributed by atoms with Gasteiger partial charge in [-0.1, -0.05) is 5.16 Å². The van der Waals surface area contributed by atoms with Crippen LogP contribution in [0.3, 0.4) is 0 Å². The molecule has 0 aliphatic rings. The molecule has 2 rings (SSSR count). The number of aliphatic hydroxyl groups excluding tert-OH is 1. The highest BCUT2D eigenvalue weighted by atomic mass is 32.1. The van der Waals surface area contributed by atoms with Crippen molar-refractivity contribution in [3.8, 4) is 0 Å². The molecule has 0 saturated heterocycles. The van der Waals surface area contributed by atoms with Gasteiger partial charge in [0.1, 0.15) is 18.2 Å². The summed E-state index contributed by atoms with van der Waals surface area (Å²) in [5.74, 6) is -1.39.